The third-order valence-corrected chi connectivity index (χ3v) is 4.67. The maximum absolute atomic E-state index is 11.1. The molecule has 0 amide bonds. The first kappa shape index (κ1) is 29.0. The zero-order valence-electron chi connectivity index (χ0n) is 17.6. The minimum atomic E-state index is -0.131. The van der Waals surface area contributed by atoms with Crippen LogP contribution in [-0.4, -0.2) is 109 Å². The lowest BCUT2D eigenvalue weighted by Crippen LogP contribution is -2.19. The molecule has 0 aliphatic rings. The predicted molar refractivity (Wildman–Crippen MR) is 130 cm³/mol. The Morgan fingerprint density at radius 1 is 0.806 bits per heavy atom. The van der Waals surface area contributed by atoms with Crippen molar-refractivity contribution in [3.8, 4) is 0 Å². The number of hydrogen-bond acceptors (Lipinski definition) is 10. The molecule has 0 saturated carbocycles. The molecule has 13 heteroatoms. The van der Waals surface area contributed by atoms with Crippen molar-refractivity contribution in [2.75, 3.05) is 90.4 Å². The fourth-order valence-electron chi connectivity index (χ4n) is 2.07. The average Bonchev–Trinajstić information content (AvgIpc) is 3.24. The monoisotopic (exact) mass is 670 g/mol. The maximum Gasteiger partial charge on any atom is 0.244 e. The van der Waals surface area contributed by atoms with Crippen LogP contribution >= 0.6 is 45.2 Å². The summed E-state index contributed by atoms with van der Waals surface area (Å²) in [5.41, 5.74) is 0.346. The summed E-state index contributed by atoms with van der Waals surface area (Å²) in [6, 6.07) is 0. The molecule has 0 radical (unpaired) electrons. The molecule has 0 aromatic carbocycles. The molecule has 1 heterocycles. The summed E-state index contributed by atoms with van der Waals surface area (Å²) in [4.78, 5) is 11.1. The number of ether oxygens (including phenoxy) is 6. The lowest BCUT2D eigenvalue weighted by atomic mass is 10.5. The van der Waals surface area contributed by atoms with Gasteiger partial charge in [0.05, 0.1) is 92.0 Å². The summed E-state index contributed by atoms with van der Waals surface area (Å²) in [5, 5.41) is 10.8. The van der Waals surface area contributed by atoms with Crippen LogP contribution in [0.3, 0.4) is 0 Å². The van der Waals surface area contributed by atoms with Crippen LogP contribution in [0.4, 0.5) is 0 Å². The first-order valence-corrected chi connectivity index (χ1v) is 12.7. The van der Waals surface area contributed by atoms with E-state index in [1.807, 2.05) is 0 Å². The van der Waals surface area contributed by atoms with Gasteiger partial charge in [-0.15, -0.1) is 5.10 Å². The molecule has 31 heavy (non-hydrogen) atoms. The van der Waals surface area contributed by atoms with Gasteiger partial charge in [-0.1, -0.05) is 27.8 Å². The number of halogens is 2. The predicted octanol–water partition coefficient (Wildman–Crippen LogP) is 0.935. The van der Waals surface area contributed by atoms with Gasteiger partial charge < -0.3 is 33.7 Å². The Bertz CT molecular complexity index is 555. The molecule has 1 aromatic heterocycles. The molecule has 0 unspecified atom stereocenters. The third-order valence-electron chi connectivity index (χ3n) is 3.58. The Morgan fingerprint density at radius 2 is 1.26 bits per heavy atom. The van der Waals surface area contributed by atoms with Crippen LogP contribution in [0, 0.1) is 0 Å². The molecule has 0 bridgehead atoms. The average molecular weight is 670 g/mol. The first-order chi connectivity index (χ1) is 15.2. The van der Waals surface area contributed by atoms with Crippen LogP contribution in [0.1, 0.15) is 10.5 Å². The Hall–Kier alpha value is -0.0100. The number of carbonyl (C=O) groups excluding carboxylic acids is 1. The molecule has 1 rings (SSSR count). The quantitative estimate of drug-likeness (QED) is 0.0594. The second kappa shape index (κ2) is 21.8. The topological polar surface area (TPSA) is 115 Å². The Morgan fingerprint density at radius 3 is 1.68 bits per heavy atom. The molecule has 1 N–H and O–H groups in total. The molecule has 0 spiro atoms. The number of alkyl halides is 1. The lowest BCUT2D eigenvalue weighted by molar-refractivity contribution is -0.0169. The number of carbonyl (C=O) groups is 1. The van der Waals surface area contributed by atoms with Crippen molar-refractivity contribution < 1.29 is 33.2 Å². The minimum absolute atomic E-state index is 0.131. The summed E-state index contributed by atoms with van der Waals surface area (Å²) in [5.74, 6) is 0. The van der Waals surface area contributed by atoms with Crippen molar-refractivity contribution in [1.82, 2.24) is 20.3 Å². The molecule has 180 valence electrons. The van der Waals surface area contributed by atoms with E-state index >= 15 is 0 Å². The number of nitrogens with one attached hydrogen (secondary N) is 1. The van der Waals surface area contributed by atoms with Crippen molar-refractivity contribution in [3.05, 3.63) is 11.9 Å². The van der Waals surface area contributed by atoms with E-state index in [4.69, 9.17) is 28.4 Å². The Labute approximate surface area is 210 Å². The highest BCUT2D eigenvalue weighted by molar-refractivity contribution is 14.1. The molecule has 0 saturated heterocycles. The smallest absolute Gasteiger partial charge is 0.244 e. The third kappa shape index (κ3) is 18.1. The SMILES string of the molecule is O=C(I)c1cn(CCOCCOCCOCCOCCOCCOCCNCI)nn1. The molecule has 0 aliphatic heterocycles. The van der Waals surface area contributed by atoms with Crippen molar-refractivity contribution in [2.24, 2.45) is 0 Å². The minimum Gasteiger partial charge on any atom is -0.378 e. The largest absolute Gasteiger partial charge is 0.378 e. The van der Waals surface area contributed by atoms with E-state index in [1.54, 1.807) is 33.5 Å². The van der Waals surface area contributed by atoms with Gasteiger partial charge in [-0.25, -0.2) is 4.68 Å². The number of aromatic nitrogens is 3. The van der Waals surface area contributed by atoms with E-state index < -0.39 is 0 Å². The van der Waals surface area contributed by atoms with Gasteiger partial charge in [-0.05, 0) is 0 Å². The zero-order chi connectivity index (χ0) is 22.4. The van der Waals surface area contributed by atoms with E-state index in [-0.39, 0.29) is 3.79 Å². The molecular formula is C18H32I2N4O7. The van der Waals surface area contributed by atoms with Crippen molar-refractivity contribution in [3.63, 3.8) is 0 Å². The normalized spacial score (nSPS) is 11.3. The van der Waals surface area contributed by atoms with Gasteiger partial charge in [0.15, 0.2) is 5.69 Å². The van der Waals surface area contributed by atoms with Gasteiger partial charge in [-0.2, -0.15) is 0 Å². The van der Waals surface area contributed by atoms with Crippen LogP contribution in [0.2, 0.25) is 0 Å². The summed E-state index contributed by atoms with van der Waals surface area (Å²) in [6.45, 7) is 7.87. The van der Waals surface area contributed by atoms with Gasteiger partial charge in [0.25, 0.3) is 0 Å². The van der Waals surface area contributed by atoms with Crippen LogP contribution in [0.25, 0.3) is 0 Å². The highest BCUT2D eigenvalue weighted by Gasteiger charge is 2.06. The fraction of sp³-hybridized carbons (Fsp3) is 0.833. The maximum atomic E-state index is 11.1. The number of hydrogen-bond donors (Lipinski definition) is 1. The van der Waals surface area contributed by atoms with E-state index in [1.165, 1.54) is 0 Å². The van der Waals surface area contributed by atoms with Gasteiger partial charge in [0, 0.05) is 33.7 Å². The van der Waals surface area contributed by atoms with Gasteiger partial charge in [-0.3, -0.25) is 4.79 Å². The second-order valence-electron chi connectivity index (χ2n) is 5.95. The van der Waals surface area contributed by atoms with Crippen LogP contribution in [0.5, 0.6) is 0 Å². The Kier molecular flexibility index (Phi) is 20.4. The van der Waals surface area contributed by atoms with Crippen LogP contribution in [0.15, 0.2) is 6.20 Å². The molecule has 11 nitrogen and oxygen atoms in total. The molecule has 1 aromatic rings. The highest BCUT2D eigenvalue weighted by atomic mass is 127. The number of rotatable bonds is 23. The van der Waals surface area contributed by atoms with Gasteiger partial charge in [0.2, 0.25) is 3.79 Å². The highest BCUT2D eigenvalue weighted by Crippen LogP contribution is 2.00. The second-order valence-corrected chi connectivity index (χ2v) is 7.69. The molecule has 0 fully saturated rings. The van der Waals surface area contributed by atoms with Crippen LogP contribution in [-0.2, 0) is 35.0 Å². The summed E-state index contributed by atoms with van der Waals surface area (Å²) < 4.78 is 34.9. The van der Waals surface area contributed by atoms with E-state index in [2.05, 4.69) is 38.2 Å². The van der Waals surface area contributed by atoms with Gasteiger partial charge in [0.1, 0.15) is 0 Å². The zero-order valence-corrected chi connectivity index (χ0v) is 22.0. The van der Waals surface area contributed by atoms with E-state index in [0.717, 1.165) is 11.1 Å². The summed E-state index contributed by atoms with van der Waals surface area (Å²) in [6.07, 6.45) is 1.60. The van der Waals surface area contributed by atoms with Crippen molar-refractivity contribution >= 4 is 49.0 Å². The first-order valence-electron chi connectivity index (χ1n) is 10.1. The van der Waals surface area contributed by atoms with E-state index in [9.17, 15) is 4.79 Å². The summed E-state index contributed by atoms with van der Waals surface area (Å²) in [7, 11) is 0. The lowest BCUT2D eigenvalue weighted by Gasteiger charge is -2.08. The standard InChI is InChI=1S/C18H32I2N4O7/c19-16-21-1-3-26-5-7-28-9-11-30-13-14-31-12-10-29-8-6-27-4-2-24-15-17(18(20)25)22-23-24/h15,21H,1-14,16H2. The Balaban J connectivity index is 1.71. The number of nitrogens with zero attached hydrogens (tertiary/aromatic N) is 3. The van der Waals surface area contributed by atoms with Crippen molar-refractivity contribution in [1.29, 1.82) is 0 Å². The van der Waals surface area contributed by atoms with E-state index in [0.29, 0.717) is 91.5 Å². The van der Waals surface area contributed by atoms with Crippen molar-refractivity contribution in [2.45, 2.75) is 6.54 Å². The summed E-state index contributed by atoms with van der Waals surface area (Å²) >= 11 is 3.94. The fourth-order valence-corrected chi connectivity index (χ4v) is 2.70. The molecular weight excluding hydrogens is 638 g/mol. The molecule has 0 aliphatic carbocycles. The van der Waals surface area contributed by atoms with Crippen LogP contribution < -0.4 is 5.32 Å². The molecule has 0 atom stereocenters. The van der Waals surface area contributed by atoms with Gasteiger partial charge >= 0.3 is 0 Å².